The van der Waals surface area contributed by atoms with E-state index in [-0.39, 0.29) is 11.6 Å². The Morgan fingerprint density at radius 1 is 0.911 bits per heavy atom. The lowest BCUT2D eigenvalue weighted by atomic mass is 10.1. The van der Waals surface area contributed by atoms with Gasteiger partial charge in [-0.2, -0.15) is 0 Å². The van der Waals surface area contributed by atoms with Crippen LogP contribution >= 0.6 is 23.1 Å². The highest BCUT2D eigenvalue weighted by Crippen LogP contribution is 2.30. The molecule has 224 valence electrons. The number of hydrogen-bond donors (Lipinski definition) is 4. The maximum Gasteiger partial charge on any atom is 0.272 e. The van der Waals surface area contributed by atoms with Crippen molar-refractivity contribution in [2.45, 2.75) is 24.0 Å². The van der Waals surface area contributed by atoms with Crippen molar-refractivity contribution in [3.8, 4) is 0 Å². The van der Waals surface area contributed by atoms with Gasteiger partial charge in [-0.1, -0.05) is 59.9 Å². The van der Waals surface area contributed by atoms with Gasteiger partial charge >= 0.3 is 0 Å². The molecule has 4 N–H and O–H groups in total. The van der Waals surface area contributed by atoms with Crippen LogP contribution in [-0.4, -0.2) is 32.9 Å². The van der Waals surface area contributed by atoms with Crippen LogP contribution in [0.25, 0.3) is 27.2 Å². The molecule has 6 rings (SSSR count). The van der Waals surface area contributed by atoms with Crippen molar-refractivity contribution in [3.63, 3.8) is 0 Å². The highest BCUT2D eigenvalue weighted by Gasteiger charge is 2.19. The first kappa shape index (κ1) is 29.9. The number of carbonyl (C=O) groups excluding carboxylic acids is 3. The lowest BCUT2D eigenvalue weighted by Gasteiger charge is -2.13. The number of hydrogen-bond acceptors (Lipinski definition) is 6. The topological polar surface area (TPSA) is 116 Å². The van der Waals surface area contributed by atoms with Gasteiger partial charge < -0.3 is 20.9 Å². The van der Waals surface area contributed by atoms with Crippen LogP contribution in [0.2, 0.25) is 0 Å². The molecule has 0 radical (unpaired) electrons. The summed E-state index contributed by atoms with van der Waals surface area (Å²) in [5.41, 5.74) is 4.71. The van der Waals surface area contributed by atoms with E-state index in [9.17, 15) is 14.4 Å². The third-order valence-electron chi connectivity index (χ3n) is 7.00. The molecule has 2 aromatic heterocycles. The molecule has 0 aliphatic heterocycles. The number of aromatic nitrogens is 2. The number of thiazole rings is 1. The summed E-state index contributed by atoms with van der Waals surface area (Å²) in [6.07, 6.45) is 3.45. The normalized spacial score (nSPS) is 12.2. The Kier molecular flexibility index (Phi) is 8.77. The molecule has 8 nitrogen and oxygen atoms in total. The molecule has 4 aromatic carbocycles. The zero-order valence-corrected chi connectivity index (χ0v) is 26.1. The third kappa shape index (κ3) is 7.14. The fourth-order valence-electron chi connectivity index (χ4n) is 4.71. The van der Waals surface area contributed by atoms with E-state index >= 15 is 0 Å². The summed E-state index contributed by atoms with van der Waals surface area (Å²) in [6.45, 7) is 3.85. The molecular weight excluding hydrogens is 603 g/mol. The van der Waals surface area contributed by atoms with Crippen molar-refractivity contribution < 1.29 is 14.4 Å². The summed E-state index contributed by atoms with van der Waals surface area (Å²) >= 11 is 2.81. The molecular formula is C35H29N5O3S2. The number of rotatable bonds is 9. The first-order valence-corrected chi connectivity index (χ1v) is 15.9. The van der Waals surface area contributed by atoms with E-state index in [4.69, 9.17) is 0 Å². The van der Waals surface area contributed by atoms with Crippen LogP contribution in [0.1, 0.15) is 28.4 Å². The first-order chi connectivity index (χ1) is 21.8. The zero-order chi connectivity index (χ0) is 31.3. The van der Waals surface area contributed by atoms with Crippen molar-refractivity contribution in [2.75, 3.05) is 10.6 Å². The number of thioether (sulfide) groups is 1. The van der Waals surface area contributed by atoms with Gasteiger partial charge in [0, 0.05) is 38.8 Å². The predicted molar refractivity (Wildman–Crippen MR) is 184 cm³/mol. The number of H-pyrrole nitrogens is 1. The Labute approximate surface area is 268 Å². The Hall–Kier alpha value is -5.19. The van der Waals surface area contributed by atoms with Gasteiger partial charge in [0.1, 0.15) is 5.70 Å². The van der Waals surface area contributed by atoms with E-state index in [2.05, 4.69) is 32.0 Å². The van der Waals surface area contributed by atoms with E-state index < -0.39 is 17.1 Å². The second-order valence-electron chi connectivity index (χ2n) is 10.4. The fourth-order valence-corrected chi connectivity index (χ4v) is 6.60. The van der Waals surface area contributed by atoms with Gasteiger partial charge in [0.05, 0.1) is 15.5 Å². The van der Waals surface area contributed by atoms with E-state index in [1.54, 1.807) is 48.7 Å². The summed E-state index contributed by atoms with van der Waals surface area (Å²) in [6, 6.07) is 29.7. The Morgan fingerprint density at radius 3 is 2.56 bits per heavy atom. The second-order valence-corrected chi connectivity index (χ2v) is 12.8. The molecule has 0 aliphatic rings. The number of para-hydroxylation sites is 1. The number of carbonyl (C=O) groups is 3. The smallest absolute Gasteiger partial charge is 0.272 e. The van der Waals surface area contributed by atoms with Gasteiger partial charge in [0.25, 0.3) is 11.8 Å². The summed E-state index contributed by atoms with van der Waals surface area (Å²) in [7, 11) is 0. The quantitative estimate of drug-likeness (QED) is 0.0968. The second kappa shape index (κ2) is 13.2. The minimum Gasteiger partial charge on any atom is -0.361 e. The molecule has 3 amide bonds. The van der Waals surface area contributed by atoms with Crippen molar-refractivity contribution in [1.82, 2.24) is 15.3 Å². The molecule has 1 unspecified atom stereocenters. The number of nitrogens with zero attached hydrogens (tertiary/aromatic N) is 1. The molecule has 10 heteroatoms. The van der Waals surface area contributed by atoms with Crippen LogP contribution < -0.4 is 16.0 Å². The minimum absolute atomic E-state index is 0.0884. The number of anilines is 2. The molecule has 2 heterocycles. The molecule has 0 aliphatic carbocycles. The average molecular weight is 632 g/mol. The highest BCUT2D eigenvalue weighted by molar-refractivity contribution is 8.00. The summed E-state index contributed by atoms with van der Waals surface area (Å²) in [4.78, 5) is 48.2. The van der Waals surface area contributed by atoms with Crippen LogP contribution in [0, 0.1) is 6.92 Å². The van der Waals surface area contributed by atoms with E-state index in [1.165, 1.54) is 23.1 Å². The Morgan fingerprint density at radius 2 is 1.71 bits per heavy atom. The monoisotopic (exact) mass is 631 g/mol. The van der Waals surface area contributed by atoms with Crippen molar-refractivity contribution >= 4 is 78.8 Å². The van der Waals surface area contributed by atoms with Crippen LogP contribution in [-0.2, 0) is 9.59 Å². The van der Waals surface area contributed by atoms with Gasteiger partial charge in [-0.15, -0.1) is 11.8 Å². The zero-order valence-electron chi connectivity index (χ0n) is 24.5. The molecule has 0 saturated carbocycles. The Bertz CT molecular complexity index is 2070. The van der Waals surface area contributed by atoms with E-state index in [0.717, 1.165) is 37.1 Å². The number of benzene rings is 4. The molecule has 1 atom stereocenters. The van der Waals surface area contributed by atoms with Gasteiger partial charge in [-0.25, -0.2) is 4.98 Å². The standard InChI is InChI=1S/C35H29N5O3S2/c1-21-15-16-29-31(17-21)45-35(39-29)40-32(41)22(2)44-26-12-8-11-25(19-26)37-34(43)30(38-33(42)23-9-4-3-5-10-23)18-24-20-36-28-14-7-6-13-27(24)28/h3-20,22,36H,1-2H3,(H,37,43)(H,38,42)(H,39,40,41)/b30-18-. The van der Waals surface area contributed by atoms with Crippen molar-refractivity contribution in [2.24, 2.45) is 0 Å². The van der Waals surface area contributed by atoms with Gasteiger partial charge in [-0.3, -0.25) is 14.4 Å². The number of nitrogens with one attached hydrogen (secondary N) is 4. The van der Waals surface area contributed by atoms with Crippen LogP contribution in [0.15, 0.2) is 114 Å². The van der Waals surface area contributed by atoms with Crippen molar-refractivity contribution in [1.29, 1.82) is 0 Å². The number of amides is 3. The minimum atomic E-state index is -0.483. The lowest BCUT2D eigenvalue weighted by molar-refractivity contribution is -0.115. The first-order valence-electron chi connectivity index (χ1n) is 14.2. The summed E-state index contributed by atoms with van der Waals surface area (Å²) in [5.74, 6) is -1.05. The van der Waals surface area contributed by atoms with Gasteiger partial charge in [0.2, 0.25) is 5.91 Å². The Balaban J connectivity index is 1.17. The van der Waals surface area contributed by atoms with Crippen LogP contribution in [0.4, 0.5) is 10.8 Å². The predicted octanol–water partition coefficient (Wildman–Crippen LogP) is 7.61. The molecule has 0 bridgehead atoms. The maximum absolute atomic E-state index is 13.6. The van der Waals surface area contributed by atoms with Crippen LogP contribution in [0.3, 0.4) is 0 Å². The SMILES string of the molecule is Cc1ccc2nc(NC(=O)C(C)Sc3cccc(NC(=O)/C(=C/c4c[nH]c5ccccc45)NC(=O)c4ccccc4)c3)sc2c1. The highest BCUT2D eigenvalue weighted by atomic mass is 32.2. The molecule has 45 heavy (non-hydrogen) atoms. The van der Waals surface area contributed by atoms with E-state index in [0.29, 0.717) is 16.4 Å². The number of fused-ring (bicyclic) bond motifs is 2. The molecule has 0 fully saturated rings. The molecule has 0 saturated heterocycles. The van der Waals surface area contributed by atoms with Crippen molar-refractivity contribution in [3.05, 3.63) is 126 Å². The number of aryl methyl sites for hydroxylation is 1. The lowest BCUT2D eigenvalue weighted by Crippen LogP contribution is -2.30. The largest absolute Gasteiger partial charge is 0.361 e. The summed E-state index contributed by atoms with van der Waals surface area (Å²) < 4.78 is 1.02. The van der Waals surface area contributed by atoms with Crippen LogP contribution in [0.5, 0.6) is 0 Å². The average Bonchev–Trinajstić information content (AvgIpc) is 3.64. The van der Waals surface area contributed by atoms with Gasteiger partial charge in [0.15, 0.2) is 5.13 Å². The third-order valence-corrected chi connectivity index (χ3v) is 9.03. The van der Waals surface area contributed by atoms with E-state index in [1.807, 2.05) is 68.4 Å². The molecule has 0 spiro atoms. The summed E-state index contributed by atoms with van der Waals surface area (Å²) in [5, 5.41) is 9.67. The number of aromatic amines is 1. The van der Waals surface area contributed by atoms with Gasteiger partial charge in [-0.05, 0) is 74.0 Å². The maximum atomic E-state index is 13.6. The fraction of sp³-hybridized carbons (Fsp3) is 0.0857. The molecule has 6 aromatic rings.